The number of aryl methyl sites for hydroxylation is 1. The molecule has 10 nitrogen and oxygen atoms in total. The number of hydrogen-bond donors (Lipinski definition) is 4. The number of aromatic nitrogens is 3. The van der Waals surface area contributed by atoms with Gasteiger partial charge in [-0.2, -0.15) is 5.10 Å². The second-order valence-electron chi connectivity index (χ2n) is 9.51. The molecule has 5 aromatic rings. The fourth-order valence-corrected chi connectivity index (χ4v) is 5.01. The molecule has 0 saturated carbocycles. The Morgan fingerprint density at radius 3 is 2.60 bits per heavy atom. The van der Waals surface area contributed by atoms with E-state index in [2.05, 4.69) is 25.8 Å². The van der Waals surface area contributed by atoms with E-state index in [0.717, 1.165) is 33.5 Å². The standard InChI is InChI=1S/C30H28FN5O5S/c1-18-14-20(25-4-2-3-5-26(25)32-18)16-40-24-12-6-19(7-13-24)28(37)33-23(15-27-35-36-30(39)42-27)17-41-29(38)34-22-10-8-21(31)9-11-22/h2-14,23,28,33,37H,15-17H2,1H3,(H,34,38)(H,36,39). The van der Waals surface area contributed by atoms with Gasteiger partial charge in [-0.05, 0) is 61.0 Å². The smallest absolute Gasteiger partial charge is 0.411 e. The van der Waals surface area contributed by atoms with Gasteiger partial charge in [-0.15, -0.1) is 0 Å². The molecule has 2 heterocycles. The predicted molar refractivity (Wildman–Crippen MR) is 157 cm³/mol. The van der Waals surface area contributed by atoms with Crippen LogP contribution in [0.4, 0.5) is 14.9 Å². The number of aromatic amines is 1. The molecule has 12 heteroatoms. The van der Waals surface area contributed by atoms with E-state index in [9.17, 15) is 19.1 Å². The van der Waals surface area contributed by atoms with Gasteiger partial charge in [0.2, 0.25) is 0 Å². The molecule has 2 unspecified atom stereocenters. The lowest BCUT2D eigenvalue weighted by Crippen LogP contribution is -2.39. The van der Waals surface area contributed by atoms with Gasteiger partial charge in [0.05, 0.1) is 11.6 Å². The molecule has 4 N–H and O–H groups in total. The molecule has 0 aliphatic carbocycles. The predicted octanol–water partition coefficient (Wildman–Crippen LogP) is 4.85. The quantitative estimate of drug-likeness (QED) is 0.161. The number of carbonyl (C=O) groups is 1. The topological polar surface area (TPSA) is 138 Å². The maximum atomic E-state index is 13.1. The Bertz CT molecular complexity index is 1710. The number of anilines is 1. The van der Waals surface area contributed by atoms with Crippen molar-refractivity contribution >= 4 is 34.0 Å². The zero-order valence-corrected chi connectivity index (χ0v) is 23.4. The molecule has 0 spiro atoms. The molecule has 0 bridgehead atoms. The maximum absolute atomic E-state index is 13.1. The van der Waals surface area contributed by atoms with Crippen molar-refractivity contribution in [1.29, 1.82) is 0 Å². The summed E-state index contributed by atoms with van der Waals surface area (Å²) < 4.78 is 24.5. The van der Waals surface area contributed by atoms with Gasteiger partial charge in [-0.3, -0.25) is 20.4 Å². The van der Waals surface area contributed by atoms with Gasteiger partial charge < -0.3 is 14.6 Å². The third-order valence-electron chi connectivity index (χ3n) is 6.32. The van der Waals surface area contributed by atoms with Crippen LogP contribution in [0, 0.1) is 12.7 Å². The number of aliphatic hydroxyl groups excluding tert-OH is 1. The third kappa shape index (κ3) is 7.75. The van der Waals surface area contributed by atoms with Crippen molar-refractivity contribution in [2.75, 3.05) is 11.9 Å². The van der Waals surface area contributed by atoms with E-state index < -0.39 is 24.2 Å². The SMILES string of the molecule is Cc1cc(COc2ccc(C(O)NC(COC(=O)Nc3ccc(F)cc3)Cc3n[nH]c(=O)s3)cc2)c2ccccc2n1. The van der Waals surface area contributed by atoms with Gasteiger partial charge in [0.25, 0.3) is 0 Å². The summed E-state index contributed by atoms with van der Waals surface area (Å²) in [6.07, 6.45) is -1.66. The van der Waals surface area contributed by atoms with Crippen LogP contribution in [-0.4, -0.2) is 39.0 Å². The van der Waals surface area contributed by atoms with Crippen molar-refractivity contribution in [3.63, 3.8) is 0 Å². The molecular formula is C30H28FN5O5S. The zero-order chi connectivity index (χ0) is 29.5. The Morgan fingerprint density at radius 1 is 1.10 bits per heavy atom. The van der Waals surface area contributed by atoms with Crippen molar-refractivity contribution in [2.45, 2.75) is 32.2 Å². The van der Waals surface area contributed by atoms with E-state index in [-0.39, 0.29) is 17.9 Å². The number of nitrogens with zero attached hydrogens (tertiary/aromatic N) is 2. The number of rotatable bonds is 11. The number of ether oxygens (including phenoxy) is 2. The Labute approximate surface area is 244 Å². The Balaban J connectivity index is 1.20. The lowest BCUT2D eigenvalue weighted by atomic mass is 10.1. The normalized spacial score (nSPS) is 12.5. The summed E-state index contributed by atoms with van der Waals surface area (Å²) in [5, 5.41) is 24.3. The fraction of sp³-hybridized carbons (Fsp3) is 0.200. The van der Waals surface area contributed by atoms with Crippen molar-refractivity contribution in [1.82, 2.24) is 20.5 Å². The van der Waals surface area contributed by atoms with Crippen LogP contribution in [0.25, 0.3) is 10.9 Å². The van der Waals surface area contributed by atoms with E-state index >= 15 is 0 Å². The number of pyridine rings is 1. The number of aliphatic hydroxyl groups is 1. The highest BCUT2D eigenvalue weighted by molar-refractivity contribution is 7.08. The summed E-state index contributed by atoms with van der Waals surface area (Å²) in [5.74, 6) is 0.199. The van der Waals surface area contributed by atoms with E-state index in [1.807, 2.05) is 37.3 Å². The average molecular weight is 590 g/mol. The van der Waals surface area contributed by atoms with Gasteiger partial charge >= 0.3 is 11.0 Å². The summed E-state index contributed by atoms with van der Waals surface area (Å²) in [5.41, 5.74) is 3.77. The van der Waals surface area contributed by atoms with Gasteiger partial charge in [-0.25, -0.2) is 14.3 Å². The van der Waals surface area contributed by atoms with Crippen LogP contribution in [0.2, 0.25) is 0 Å². The van der Waals surface area contributed by atoms with Crippen LogP contribution < -0.4 is 20.2 Å². The largest absolute Gasteiger partial charge is 0.489 e. The lowest BCUT2D eigenvalue weighted by Gasteiger charge is -2.22. The number of amides is 1. The first kappa shape index (κ1) is 28.9. The van der Waals surface area contributed by atoms with E-state index in [0.29, 0.717) is 28.6 Å². The van der Waals surface area contributed by atoms with E-state index in [4.69, 9.17) is 9.47 Å². The summed E-state index contributed by atoms with van der Waals surface area (Å²) in [6, 6.07) is 21.6. The first-order chi connectivity index (χ1) is 20.3. The minimum absolute atomic E-state index is 0.141. The molecule has 2 aromatic heterocycles. The molecule has 1 amide bonds. The molecule has 0 radical (unpaired) electrons. The van der Waals surface area contributed by atoms with Gasteiger partial charge in [0.1, 0.15) is 36.0 Å². The number of H-pyrrole nitrogens is 1. The molecule has 42 heavy (non-hydrogen) atoms. The van der Waals surface area contributed by atoms with Crippen LogP contribution in [-0.2, 0) is 17.8 Å². The molecule has 0 aliphatic rings. The monoisotopic (exact) mass is 589 g/mol. The van der Waals surface area contributed by atoms with Crippen LogP contribution in [0.5, 0.6) is 5.75 Å². The lowest BCUT2D eigenvalue weighted by molar-refractivity contribution is 0.0935. The summed E-state index contributed by atoms with van der Waals surface area (Å²) in [7, 11) is 0. The molecule has 0 aliphatic heterocycles. The number of nitrogens with one attached hydrogen (secondary N) is 3. The molecule has 0 fully saturated rings. The Morgan fingerprint density at radius 2 is 1.86 bits per heavy atom. The Kier molecular flexibility index (Phi) is 9.17. The third-order valence-corrected chi connectivity index (χ3v) is 7.09. The molecular weight excluding hydrogens is 561 g/mol. The number of hydrogen-bond acceptors (Lipinski definition) is 9. The van der Waals surface area contributed by atoms with Crippen LogP contribution in [0.1, 0.15) is 28.1 Å². The number of carbonyl (C=O) groups excluding carboxylic acids is 1. The minimum atomic E-state index is -1.12. The number of halogens is 1. The van der Waals surface area contributed by atoms with Crippen molar-refractivity contribution in [3.05, 3.63) is 116 Å². The molecule has 2 atom stereocenters. The highest BCUT2D eigenvalue weighted by atomic mass is 32.1. The number of fused-ring (bicyclic) bond motifs is 1. The van der Waals surface area contributed by atoms with E-state index in [1.54, 1.807) is 24.3 Å². The molecule has 0 saturated heterocycles. The zero-order valence-electron chi connectivity index (χ0n) is 22.5. The summed E-state index contributed by atoms with van der Waals surface area (Å²) >= 11 is 0.928. The highest BCUT2D eigenvalue weighted by Crippen LogP contribution is 2.22. The summed E-state index contributed by atoms with van der Waals surface area (Å²) in [4.78, 5) is 28.1. The van der Waals surface area contributed by atoms with Crippen molar-refractivity contribution in [2.24, 2.45) is 0 Å². The van der Waals surface area contributed by atoms with Crippen molar-refractivity contribution < 1.29 is 23.8 Å². The minimum Gasteiger partial charge on any atom is -0.489 e. The second-order valence-corrected chi connectivity index (χ2v) is 10.6. The first-order valence-electron chi connectivity index (χ1n) is 13.1. The molecule has 216 valence electrons. The van der Waals surface area contributed by atoms with Gasteiger partial charge in [-0.1, -0.05) is 41.7 Å². The molecule has 5 rings (SSSR count). The Hall–Kier alpha value is -4.65. The van der Waals surface area contributed by atoms with Crippen LogP contribution >= 0.6 is 11.3 Å². The van der Waals surface area contributed by atoms with Crippen LogP contribution in [0.3, 0.4) is 0 Å². The fourth-order valence-electron chi connectivity index (χ4n) is 4.33. The van der Waals surface area contributed by atoms with E-state index in [1.165, 1.54) is 24.3 Å². The maximum Gasteiger partial charge on any atom is 0.411 e. The number of benzene rings is 3. The summed E-state index contributed by atoms with van der Waals surface area (Å²) in [6.45, 7) is 2.16. The van der Waals surface area contributed by atoms with Gasteiger partial charge in [0, 0.05) is 28.8 Å². The van der Waals surface area contributed by atoms with Crippen LogP contribution in [0.15, 0.2) is 83.7 Å². The average Bonchev–Trinajstić information content (AvgIpc) is 3.40. The second kappa shape index (κ2) is 13.3. The highest BCUT2D eigenvalue weighted by Gasteiger charge is 2.20. The number of para-hydroxylation sites is 1. The van der Waals surface area contributed by atoms with Crippen molar-refractivity contribution in [3.8, 4) is 5.75 Å². The first-order valence-corrected chi connectivity index (χ1v) is 13.9. The van der Waals surface area contributed by atoms with Gasteiger partial charge in [0.15, 0.2) is 0 Å². The molecule has 3 aromatic carbocycles.